The number of phenols is 2. The van der Waals surface area contributed by atoms with Gasteiger partial charge in [0.15, 0.2) is 11.5 Å². The average Bonchev–Trinajstić information content (AvgIpc) is 3.56. The number of fused-ring (bicyclic) bond motifs is 9. The second-order valence-corrected chi connectivity index (χ2v) is 12.9. The molecule has 0 fully saturated rings. The van der Waals surface area contributed by atoms with Gasteiger partial charge in [0, 0.05) is 23.1 Å². The number of benzene rings is 4. The molecule has 5 N–H and O–H groups in total. The molecule has 0 amide bonds. The number of hydrogen-bond acceptors (Lipinski definition) is 9. The molecule has 0 saturated heterocycles. The molecule has 4 atom stereocenters. The van der Waals surface area contributed by atoms with Crippen molar-refractivity contribution < 1.29 is 39.7 Å². The minimum atomic E-state index is -0.884. The number of aromatic hydroxyl groups is 2. The Labute approximate surface area is 271 Å². The second kappa shape index (κ2) is 11.9. The molecule has 0 saturated carbocycles. The van der Waals surface area contributed by atoms with Gasteiger partial charge in [0.2, 0.25) is 0 Å². The van der Waals surface area contributed by atoms with Crippen molar-refractivity contribution in [3.63, 3.8) is 0 Å². The summed E-state index contributed by atoms with van der Waals surface area (Å²) in [5, 5.41) is 54.1. The minimum absolute atomic E-state index is 0.0242. The van der Waals surface area contributed by atoms with E-state index >= 15 is 0 Å². The van der Waals surface area contributed by atoms with Crippen molar-refractivity contribution in [1.82, 2.24) is 0 Å². The lowest BCUT2D eigenvalue weighted by Crippen LogP contribution is -2.34. The van der Waals surface area contributed by atoms with Gasteiger partial charge in [-0.05, 0) is 101 Å². The van der Waals surface area contributed by atoms with E-state index in [0.29, 0.717) is 49.3 Å². The summed E-state index contributed by atoms with van der Waals surface area (Å²) in [6.07, 6.45) is 3.17. The molecule has 0 aromatic heterocycles. The van der Waals surface area contributed by atoms with Crippen molar-refractivity contribution in [3.8, 4) is 39.9 Å². The summed E-state index contributed by atoms with van der Waals surface area (Å²) in [4.78, 5) is 4.54. The summed E-state index contributed by atoms with van der Waals surface area (Å²) in [7, 11) is 0. The number of ether oxygens (including phenoxy) is 3. The molecular weight excluding hydrogens is 598 g/mol. The van der Waals surface area contributed by atoms with Crippen LogP contribution in [0.25, 0.3) is 17.2 Å². The van der Waals surface area contributed by atoms with E-state index in [1.807, 2.05) is 12.1 Å². The van der Waals surface area contributed by atoms with Crippen molar-refractivity contribution in [1.29, 1.82) is 0 Å². The van der Waals surface area contributed by atoms with Gasteiger partial charge in [0.05, 0.1) is 31.2 Å². The highest BCUT2D eigenvalue weighted by Gasteiger charge is 2.41. The number of nitrogens with zero attached hydrogens (tertiary/aromatic N) is 1. The van der Waals surface area contributed by atoms with Crippen LogP contribution in [-0.2, 0) is 25.7 Å². The van der Waals surface area contributed by atoms with Crippen LogP contribution in [0.2, 0.25) is 0 Å². The molecule has 4 aromatic rings. The molecule has 4 aliphatic rings. The summed E-state index contributed by atoms with van der Waals surface area (Å²) in [5.74, 6) is 1.78. The van der Waals surface area contributed by atoms with Crippen molar-refractivity contribution in [3.05, 3.63) is 98.6 Å². The van der Waals surface area contributed by atoms with Crippen LogP contribution in [0, 0.1) is 0 Å². The maximum absolute atomic E-state index is 11.6. The zero-order chi connectivity index (χ0) is 32.2. The predicted octanol–water partition coefficient (Wildman–Crippen LogP) is 3.16. The Morgan fingerprint density at radius 1 is 0.894 bits per heavy atom. The van der Waals surface area contributed by atoms with E-state index < -0.39 is 12.2 Å². The SMILES string of the molecule is OCCOc1cc(C2Oc3c(c4c(c5c3CCC(CO)O5)-c3ccc(O)cc3C(Cc3ccc5c(c3)=CCN=5)C4)CC2O)ccc1O. The fraction of sp³-hybridized carbons (Fsp3) is 0.342. The van der Waals surface area contributed by atoms with Crippen molar-refractivity contribution in [2.45, 2.75) is 56.3 Å². The Kier molecular flexibility index (Phi) is 7.55. The van der Waals surface area contributed by atoms with Crippen LogP contribution in [-0.4, -0.2) is 64.1 Å². The van der Waals surface area contributed by atoms with Gasteiger partial charge in [-0.15, -0.1) is 0 Å². The number of aliphatic hydroxyl groups excluding tert-OH is 3. The quantitative estimate of drug-likeness (QED) is 0.209. The van der Waals surface area contributed by atoms with Crippen LogP contribution in [0.15, 0.2) is 59.6 Å². The van der Waals surface area contributed by atoms with Gasteiger partial charge < -0.3 is 39.7 Å². The maximum atomic E-state index is 11.6. The summed E-state index contributed by atoms with van der Waals surface area (Å²) in [6, 6.07) is 16.8. The lowest BCUT2D eigenvalue weighted by Gasteiger charge is -2.40. The van der Waals surface area contributed by atoms with Gasteiger partial charge in [-0.1, -0.05) is 24.3 Å². The van der Waals surface area contributed by atoms with Crippen LogP contribution in [0.1, 0.15) is 51.8 Å². The summed E-state index contributed by atoms with van der Waals surface area (Å²) in [5.41, 5.74) is 7.71. The van der Waals surface area contributed by atoms with Gasteiger partial charge in [-0.3, -0.25) is 4.99 Å². The van der Waals surface area contributed by atoms with E-state index in [0.717, 1.165) is 50.4 Å². The van der Waals surface area contributed by atoms with Gasteiger partial charge in [0.25, 0.3) is 0 Å². The fourth-order valence-corrected chi connectivity index (χ4v) is 7.76. The van der Waals surface area contributed by atoms with Crippen LogP contribution in [0.5, 0.6) is 28.7 Å². The third-order valence-electron chi connectivity index (χ3n) is 9.93. The first-order valence-corrected chi connectivity index (χ1v) is 16.3. The average molecular weight is 636 g/mol. The molecule has 242 valence electrons. The van der Waals surface area contributed by atoms with Crippen LogP contribution >= 0.6 is 0 Å². The van der Waals surface area contributed by atoms with Crippen molar-refractivity contribution in [2.75, 3.05) is 26.4 Å². The number of hydrogen-bond donors (Lipinski definition) is 5. The zero-order valence-corrected chi connectivity index (χ0v) is 25.9. The predicted molar refractivity (Wildman–Crippen MR) is 174 cm³/mol. The first-order chi connectivity index (χ1) is 22.9. The van der Waals surface area contributed by atoms with Gasteiger partial charge in [0.1, 0.15) is 36.1 Å². The molecule has 9 heteroatoms. The molecule has 3 heterocycles. The second-order valence-electron chi connectivity index (χ2n) is 12.9. The van der Waals surface area contributed by atoms with Crippen molar-refractivity contribution >= 4 is 6.08 Å². The molecule has 3 aliphatic heterocycles. The molecule has 8 rings (SSSR count). The minimum Gasteiger partial charge on any atom is -0.508 e. The highest BCUT2D eigenvalue weighted by Crippen LogP contribution is 2.56. The van der Waals surface area contributed by atoms with Gasteiger partial charge in [-0.25, -0.2) is 0 Å². The Hall–Kier alpha value is -4.57. The van der Waals surface area contributed by atoms with E-state index in [-0.39, 0.29) is 49.1 Å². The summed E-state index contributed by atoms with van der Waals surface area (Å²) in [6.45, 7) is 0.416. The Morgan fingerprint density at radius 3 is 2.64 bits per heavy atom. The summed E-state index contributed by atoms with van der Waals surface area (Å²) < 4.78 is 18.8. The monoisotopic (exact) mass is 635 g/mol. The molecule has 47 heavy (non-hydrogen) atoms. The Balaban J connectivity index is 1.26. The standard InChI is InChI=1S/C38H37NO8/c40-11-12-45-34-16-22(2-8-32(34)43)36-33(44)18-30-29-15-23(14-20-1-7-31-21(13-20)9-10-39-31)28-17-24(42)3-5-26(28)35(29)38-27(37(30)47-36)6-4-25(19-41)46-38/h1-3,5,7-9,13,16-17,23,25,33,36,40-44H,4,6,10-12,14-15,18-19H2. The van der Waals surface area contributed by atoms with E-state index in [2.05, 4.69) is 29.3 Å². The third kappa shape index (κ3) is 5.19. The number of aliphatic hydroxyl groups is 3. The van der Waals surface area contributed by atoms with Crippen molar-refractivity contribution in [2.24, 2.45) is 4.99 Å². The largest absolute Gasteiger partial charge is 0.508 e. The molecule has 9 nitrogen and oxygen atoms in total. The molecule has 0 radical (unpaired) electrons. The maximum Gasteiger partial charge on any atom is 0.161 e. The Bertz CT molecular complexity index is 2010. The lowest BCUT2D eigenvalue weighted by atomic mass is 9.72. The fourth-order valence-electron chi connectivity index (χ4n) is 7.76. The number of rotatable bonds is 7. The zero-order valence-electron chi connectivity index (χ0n) is 25.9. The van der Waals surface area contributed by atoms with E-state index in [4.69, 9.17) is 14.2 Å². The summed E-state index contributed by atoms with van der Waals surface area (Å²) >= 11 is 0. The van der Waals surface area contributed by atoms with Crippen LogP contribution in [0.3, 0.4) is 0 Å². The van der Waals surface area contributed by atoms with Crippen LogP contribution in [0.4, 0.5) is 0 Å². The first-order valence-electron chi connectivity index (χ1n) is 16.3. The highest BCUT2D eigenvalue weighted by molar-refractivity contribution is 5.85. The lowest BCUT2D eigenvalue weighted by molar-refractivity contribution is 0.0180. The normalized spacial score (nSPS) is 21.9. The smallest absolute Gasteiger partial charge is 0.161 e. The van der Waals surface area contributed by atoms with E-state index in [9.17, 15) is 25.5 Å². The topological polar surface area (TPSA) is 141 Å². The van der Waals surface area contributed by atoms with E-state index in [1.54, 1.807) is 18.2 Å². The molecular formula is C38H37NO8. The molecule has 0 spiro atoms. The molecule has 1 aliphatic carbocycles. The van der Waals surface area contributed by atoms with Gasteiger partial charge in [-0.2, -0.15) is 0 Å². The Morgan fingerprint density at radius 2 is 1.79 bits per heavy atom. The first kappa shape index (κ1) is 29.8. The molecule has 0 bridgehead atoms. The third-order valence-corrected chi connectivity index (χ3v) is 9.93. The highest BCUT2D eigenvalue weighted by atomic mass is 16.5. The van der Waals surface area contributed by atoms with E-state index in [1.165, 1.54) is 11.6 Å². The van der Waals surface area contributed by atoms with Gasteiger partial charge >= 0.3 is 0 Å². The molecule has 4 aromatic carbocycles. The molecule has 4 unspecified atom stereocenters. The number of phenolic OH excluding ortho intramolecular Hbond substituents is 2. The van der Waals surface area contributed by atoms with Crippen LogP contribution < -0.4 is 24.8 Å².